The van der Waals surface area contributed by atoms with Gasteiger partial charge in [0.05, 0.1) is 22.2 Å². The molecule has 4 aromatic rings. The van der Waals surface area contributed by atoms with E-state index in [4.69, 9.17) is 5.73 Å². The van der Waals surface area contributed by atoms with E-state index in [1.165, 1.54) is 5.56 Å². The molecule has 0 aliphatic rings. The molecule has 114 valence electrons. The first-order valence-electron chi connectivity index (χ1n) is 7.42. The minimum atomic E-state index is -0.242. The highest BCUT2D eigenvalue weighted by Gasteiger charge is 2.16. The van der Waals surface area contributed by atoms with E-state index in [1.807, 2.05) is 50.2 Å². The van der Waals surface area contributed by atoms with E-state index in [9.17, 15) is 4.79 Å². The fourth-order valence-electron chi connectivity index (χ4n) is 2.89. The third-order valence-electron chi connectivity index (χ3n) is 4.30. The summed E-state index contributed by atoms with van der Waals surface area (Å²) in [5.74, 6) is 0.495. The molecule has 5 nitrogen and oxygen atoms in total. The lowest BCUT2D eigenvalue weighted by molar-refractivity contribution is 1.25. The van der Waals surface area contributed by atoms with E-state index < -0.39 is 0 Å². The summed E-state index contributed by atoms with van der Waals surface area (Å²) in [6.45, 7) is 4.09. The number of aromatic nitrogens is 3. The highest BCUT2D eigenvalue weighted by Crippen LogP contribution is 2.28. The summed E-state index contributed by atoms with van der Waals surface area (Å²) in [6.07, 6.45) is 0. The molecule has 0 saturated heterocycles. The third kappa shape index (κ3) is 2.01. The van der Waals surface area contributed by atoms with Gasteiger partial charge in [-0.3, -0.25) is 4.79 Å². The number of nitrogens with zero attached hydrogens (tertiary/aromatic N) is 1. The molecule has 0 radical (unpaired) electrons. The van der Waals surface area contributed by atoms with E-state index in [2.05, 4.69) is 15.0 Å². The fourth-order valence-corrected chi connectivity index (χ4v) is 2.89. The van der Waals surface area contributed by atoms with Crippen molar-refractivity contribution >= 4 is 27.6 Å². The van der Waals surface area contributed by atoms with Crippen molar-refractivity contribution in [3.63, 3.8) is 0 Å². The zero-order valence-corrected chi connectivity index (χ0v) is 12.9. The normalized spacial score (nSPS) is 11.4. The van der Waals surface area contributed by atoms with Crippen molar-refractivity contribution in [2.75, 3.05) is 5.73 Å². The zero-order chi connectivity index (χ0) is 16.1. The van der Waals surface area contributed by atoms with E-state index in [-0.39, 0.29) is 5.56 Å². The summed E-state index contributed by atoms with van der Waals surface area (Å²) < 4.78 is 0. The third-order valence-corrected chi connectivity index (χ3v) is 4.30. The molecule has 5 heteroatoms. The summed E-state index contributed by atoms with van der Waals surface area (Å²) >= 11 is 0. The maximum Gasteiger partial charge on any atom is 0.261 e. The Morgan fingerprint density at radius 1 is 1.00 bits per heavy atom. The molecule has 0 aliphatic carbocycles. The Balaban J connectivity index is 2.04. The Morgan fingerprint density at radius 2 is 1.74 bits per heavy atom. The molecule has 4 N–H and O–H groups in total. The van der Waals surface area contributed by atoms with Crippen LogP contribution in [-0.4, -0.2) is 15.0 Å². The van der Waals surface area contributed by atoms with Crippen LogP contribution in [0.5, 0.6) is 0 Å². The van der Waals surface area contributed by atoms with Gasteiger partial charge < -0.3 is 15.7 Å². The molecule has 0 unspecified atom stereocenters. The van der Waals surface area contributed by atoms with E-state index in [1.54, 1.807) is 0 Å². The van der Waals surface area contributed by atoms with Gasteiger partial charge in [0.25, 0.3) is 5.56 Å². The van der Waals surface area contributed by atoms with Gasteiger partial charge in [-0.2, -0.15) is 0 Å². The Hall–Kier alpha value is -3.08. The van der Waals surface area contributed by atoms with Gasteiger partial charge in [-0.05, 0) is 43.2 Å². The number of nitrogens with one attached hydrogen (secondary N) is 2. The number of rotatable bonds is 1. The first-order chi connectivity index (χ1) is 11.0. The second kappa shape index (κ2) is 4.71. The average molecular weight is 304 g/mol. The SMILES string of the molecule is Cc1cc2nc(-c3c(N)c4ccccc4[nH]c3=O)[nH]c2cc1C. The summed E-state index contributed by atoms with van der Waals surface area (Å²) in [7, 11) is 0. The molecule has 4 rings (SSSR count). The van der Waals surface area contributed by atoms with Crippen LogP contribution in [-0.2, 0) is 0 Å². The van der Waals surface area contributed by atoms with Crippen LogP contribution in [0.25, 0.3) is 33.3 Å². The van der Waals surface area contributed by atoms with Gasteiger partial charge in [-0.25, -0.2) is 4.98 Å². The van der Waals surface area contributed by atoms with Crippen LogP contribution < -0.4 is 11.3 Å². The number of nitrogen functional groups attached to an aromatic ring is 1. The molecular formula is C18H16N4O. The number of nitrogens with two attached hydrogens (primary N) is 1. The lowest BCUT2D eigenvalue weighted by atomic mass is 10.1. The molecule has 0 bridgehead atoms. The van der Waals surface area contributed by atoms with Crippen LogP contribution in [0.4, 0.5) is 5.69 Å². The van der Waals surface area contributed by atoms with E-state index in [0.29, 0.717) is 17.1 Å². The smallest absolute Gasteiger partial charge is 0.261 e. The standard InChI is InChI=1S/C18H16N4O/c1-9-7-13-14(8-10(9)2)21-17(20-13)15-16(19)11-5-3-4-6-12(11)22-18(15)23/h3-8H,1-2H3,(H,20,21)(H3,19,22,23). The maximum atomic E-state index is 12.5. The average Bonchev–Trinajstić information content (AvgIpc) is 2.90. The molecule has 23 heavy (non-hydrogen) atoms. The van der Waals surface area contributed by atoms with Crippen molar-refractivity contribution in [1.29, 1.82) is 0 Å². The number of hydrogen-bond acceptors (Lipinski definition) is 3. The van der Waals surface area contributed by atoms with E-state index in [0.717, 1.165) is 27.5 Å². The molecule has 2 aromatic carbocycles. The number of imidazole rings is 1. The van der Waals surface area contributed by atoms with Gasteiger partial charge >= 0.3 is 0 Å². The molecule has 0 saturated carbocycles. The van der Waals surface area contributed by atoms with Crippen LogP contribution >= 0.6 is 0 Å². The highest BCUT2D eigenvalue weighted by atomic mass is 16.1. The summed E-state index contributed by atoms with van der Waals surface area (Å²) in [5.41, 5.74) is 11.6. The first kappa shape index (κ1) is 13.6. The quantitative estimate of drug-likeness (QED) is 0.504. The Bertz CT molecular complexity index is 1080. The largest absolute Gasteiger partial charge is 0.397 e. The molecule has 0 fully saturated rings. The fraction of sp³-hybridized carbons (Fsp3) is 0.111. The molecule has 0 spiro atoms. The number of para-hydroxylation sites is 1. The zero-order valence-electron chi connectivity index (χ0n) is 12.9. The summed E-state index contributed by atoms with van der Waals surface area (Å²) in [4.78, 5) is 23.1. The van der Waals surface area contributed by atoms with Crippen molar-refractivity contribution in [1.82, 2.24) is 15.0 Å². The summed E-state index contributed by atoms with van der Waals surface area (Å²) in [5, 5.41) is 0.815. The Labute approximate surface area is 132 Å². The maximum absolute atomic E-state index is 12.5. The van der Waals surface area contributed by atoms with Crippen molar-refractivity contribution in [2.45, 2.75) is 13.8 Å². The molecule has 0 atom stereocenters. The lowest BCUT2D eigenvalue weighted by Gasteiger charge is -2.06. The van der Waals surface area contributed by atoms with Gasteiger partial charge in [0.1, 0.15) is 11.4 Å². The van der Waals surface area contributed by atoms with Gasteiger partial charge in [-0.1, -0.05) is 18.2 Å². The topological polar surface area (TPSA) is 87.6 Å². The van der Waals surface area contributed by atoms with Crippen molar-refractivity contribution in [3.05, 3.63) is 57.9 Å². The molecule has 2 aromatic heterocycles. The van der Waals surface area contributed by atoms with Crippen LogP contribution in [0.3, 0.4) is 0 Å². The number of pyridine rings is 1. The van der Waals surface area contributed by atoms with Crippen LogP contribution in [0.15, 0.2) is 41.2 Å². The predicted octanol–water partition coefficient (Wildman–Crippen LogP) is 3.27. The number of H-pyrrole nitrogens is 2. The van der Waals surface area contributed by atoms with Gasteiger partial charge in [0, 0.05) is 5.39 Å². The van der Waals surface area contributed by atoms with Gasteiger partial charge in [0.2, 0.25) is 0 Å². The number of aromatic amines is 2. The van der Waals surface area contributed by atoms with E-state index >= 15 is 0 Å². The van der Waals surface area contributed by atoms with Gasteiger partial charge in [0.15, 0.2) is 0 Å². The first-order valence-corrected chi connectivity index (χ1v) is 7.42. The van der Waals surface area contributed by atoms with Crippen LogP contribution in [0, 0.1) is 13.8 Å². The summed E-state index contributed by atoms with van der Waals surface area (Å²) in [6, 6.07) is 11.5. The number of aryl methyl sites for hydroxylation is 2. The second-order valence-electron chi connectivity index (χ2n) is 5.83. The number of anilines is 1. The lowest BCUT2D eigenvalue weighted by Crippen LogP contribution is -2.13. The van der Waals surface area contributed by atoms with Crippen LogP contribution in [0.1, 0.15) is 11.1 Å². The minimum absolute atomic E-state index is 0.242. The minimum Gasteiger partial charge on any atom is -0.397 e. The van der Waals surface area contributed by atoms with Crippen molar-refractivity contribution in [2.24, 2.45) is 0 Å². The van der Waals surface area contributed by atoms with Crippen LogP contribution in [0.2, 0.25) is 0 Å². The van der Waals surface area contributed by atoms with Crippen molar-refractivity contribution in [3.8, 4) is 11.4 Å². The Morgan fingerprint density at radius 3 is 2.57 bits per heavy atom. The molecular weight excluding hydrogens is 288 g/mol. The second-order valence-corrected chi connectivity index (χ2v) is 5.83. The number of benzene rings is 2. The highest BCUT2D eigenvalue weighted by molar-refractivity contribution is 5.97. The van der Waals surface area contributed by atoms with Crippen molar-refractivity contribution < 1.29 is 0 Å². The predicted molar refractivity (Wildman–Crippen MR) is 93.5 cm³/mol. The Kier molecular flexibility index (Phi) is 2.78. The molecule has 0 aliphatic heterocycles. The number of hydrogen-bond donors (Lipinski definition) is 3. The molecule has 2 heterocycles. The number of fused-ring (bicyclic) bond motifs is 2. The monoisotopic (exact) mass is 304 g/mol. The molecule has 0 amide bonds. The van der Waals surface area contributed by atoms with Gasteiger partial charge in [-0.15, -0.1) is 0 Å².